The van der Waals surface area contributed by atoms with Gasteiger partial charge in [-0.1, -0.05) is 63.5 Å². The van der Waals surface area contributed by atoms with Crippen LogP contribution in [0.15, 0.2) is 65.0 Å². The minimum absolute atomic E-state index is 0.474. The molecule has 0 aromatic heterocycles. The zero-order valence-corrected chi connectivity index (χ0v) is 25.2. The van der Waals surface area contributed by atoms with Crippen LogP contribution in [0.4, 0.5) is 0 Å². The molecule has 0 aliphatic heterocycles. The van der Waals surface area contributed by atoms with Gasteiger partial charge in [-0.05, 0) is 87.8 Å². The summed E-state index contributed by atoms with van der Waals surface area (Å²) in [7, 11) is -0.784. The van der Waals surface area contributed by atoms with Gasteiger partial charge in [-0.2, -0.15) is 0 Å². The van der Waals surface area contributed by atoms with Crippen molar-refractivity contribution >= 4 is 18.6 Å². The molecule has 1 unspecified atom stereocenters. The molecule has 0 amide bonds. The van der Waals surface area contributed by atoms with Crippen LogP contribution in [0.3, 0.4) is 0 Å². The largest absolute Gasteiger partial charge is 0.493 e. The SMILES string of the molecule is CCCCOc1ccc([P+](C=C2C(C)=CC(C)C=C2C)=Cc2c(C)cc(C)cc2C)c(OCCCC)c1. The van der Waals surface area contributed by atoms with Crippen molar-refractivity contribution in [2.24, 2.45) is 5.92 Å². The Kier molecular flexibility index (Phi) is 10.8. The third-order valence-electron chi connectivity index (χ3n) is 6.88. The molecule has 2 nitrogen and oxygen atoms in total. The fraction of sp³-hybridized carbons (Fsp3) is 0.441. The normalized spacial score (nSPS) is 15.8. The highest BCUT2D eigenvalue weighted by molar-refractivity contribution is 7.68. The van der Waals surface area contributed by atoms with E-state index in [9.17, 15) is 0 Å². The molecule has 0 bridgehead atoms. The molecule has 1 aliphatic carbocycles. The van der Waals surface area contributed by atoms with E-state index in [2.05, 4.69) is 109 Å². The van der Waals surface area contributed by atoms with Gasteiger partial charge in [0.25, 0.3) is 0 Å². The third kappa shape index (κ3) is 7.96. The molecule has 0 heterocycles. The number of rotatable bonds is 11. The fourth-order valence-corrected chi connectivity index (χ4v) is 7.31. The number of benzene rings is 2. The summed E-state index contributed by atoms with van der Waals surface area (Å²) < 4.78 is 12.5. The quantitative estimate of drug-likeness (QED) is 0.218. The maximum Gasteiger partial charge on any atom is 0.195 e. The molecular weight excluding hydrogens is 471 g/mol. The Balaban J connectivity index is 2.20. The van der Waals surface area contributed by atoms with Gasteiger partial charge < -0.3 is 9.47 Å². The first-order chi connectivity index (χ1) is 17.7. The molecule has 3 rings (SSSR count). The number of aryl methyl sites for hydroxylation is 3. The molecule has 2 aromatic rings. The molecule has 0 radical (unpaired) electrons. The molecule has 1 aliphatic rings. The first-order valence-electron chi connectivity index (χ1n) is 13.9. The second kappa shape index (κ2) is 13.8. The Morgan fingerprint density at radius 3 is 2.00 bits per heavy atom. The predicted molar refractivity (Wildman–Crippen MR) is 164 cm³/mol. The Morgan fingerprint density at radius 1 is 0.811 bits per heavy atom. The van der Waals surface area contributed by atoms with Crippen molar-refractivity contribution in [3.63, 3.8) is 0 Å². The van der Waals surface area contributed by atoms with Gasteiger partial charge in [0, 0.05) is 17.2 Å². The lowest BCUT2D eigenvalue weighted by Crippen LogP contribution is -2.09. The Hall–Kier alpha value is -2.57. The number of allylic oxidation sites excluding steroid dienone is 5. The van der Waals surface area contributed by atoms with Crippen LogP contribution in [0.5, 0.6) is 11.5 Å². The van der Waals surface area contributed by atoms with Gasteiger partial charge in [-0.15, -0.1) is 0 Å². The van der Waals surface area contributed by atoms with E-state index < -0.39 is 7.55 Å². The van der Waals surface area contributed by atoms with Crippen molar-refractivity contribution < 1.29 is 9.47 Å². The van der Waals surface area contributed by atoms with Gasteiger partial charge in [0.05, 0.1) is 13.2 Å². The first kappa shape index (κ1) is 29.0. The minimum atomic E-state index is -0.784. The monoisotopic (exact) mass is 517 g/mol. The van der Waals surface area contributed by atoms with E-state index in [1.807, 2.05) is 0 Å². The first-order valence-corrected chi connectivity index (χ1v) is 15.4. The minimum Gasteiger partial charge on any atom is -0.493 e. The van der Waals surface area contributed by atoms with E-state index >= 15 is 0 Å². The van der Waals surface area contributed by atoms with Gasteiger partial charge >= 0.3 is 0 Å². The van der Waals surface area contributed by atoms with Crippen molar-refractivity contribution in [3.8, 4) is 11.5 Å². The highest BCUT2D eigenvalue weighted by atomic mass is 31.1. The summed E-state index contributed by atoms with van der Waals surface area (Å²) in [6.07, 6.45) is 9.08. The van der Waals surface area contributed by atoms with E-state index in [-0.39, 0.29) is 0 Å². The predicted octanol–water partition coefficient (Wildman–Crippen LogP) is 9.35. The average Bonchev–Trinajstić information content (AvgIpc) is 2.83. The van der Waals surface area contributed by atoms with E-state index in [0.717, 1.165) is 50.4 Å². The Morgan fingerprint density at radius 2 is 1.41 bits per heavy atom. The van der Waals surface area contributed by atoms with Crippen LogP contribution in [0.25, 0.3) is 0 Å². The van der Waals surface area contributed by atoms with Gasteiger partial charge in [0.2, 0.25) is 0 Å². The zero-order chi connectivity index (χ0) is 26.9. The van der Waals surface area contributed by atoms with Crippen molar-refractivity contribution in [3.05, 3.63) is 87.3 Å². The van der Waals surface area contributed by atoms with Crippen molar-refractivity contribution in [1.82, 2.24) is 0 Å². The molecule has 0 spiro atoms. The van der Waals surface area contributed by atoms with E-state index in [0.29, 0.717) is 5.92 Å². The lowest BCUT2D eigenvalue weighted by Gasteiger charge is -2.16. The molecule has 3 heteroatoms. The van der Waals surface area contributed by atoms with Crippen LogP contribution in [-0.2, 0) is 0 Å². The highest BCUT2D eigenvalue weighted by Crippen LogP contribution is 2.39. The number of unbranched alkanes of at least 4 members (excludes halogenated alkanes) is 2. The Labute approximate surface area is 226 Å². The average molecular weight is 518 g/mol. The zero-order valence-electron chi connectivity index (χ0n) is 24.3. The molecular formula is C34H46O2P+. The molecule has 0 N–H and O–H groups in total. The van der Waals surface area contributed by atoms with Crippen LogP contribution in [0, 0.1) is 26.7 Å². The molecule has 2 aromatic carbocycles. The standard InChI is InChI=1S/C34H46O2P/c1-9-11-15-35-30-13-14-34(33(21-30)36-16-12-10-2)37(22-31-26(5)17-24(3)18-27(31)6)23-32-28(7)19-25(4)20-29(32)8/h13-14,17-24H,9-12,15-16H2,1-8H3/q+1. The second-order valence-electron chi connectivity index (χ2n) is 10.5. The fourth-order valence-electron chi connectivity index (χ4n) is 4.95. The smallest absolute Gasteiger partial charge is 0.195 e. The van der Waals surface area contributed by atoms with E-state index in [1.54, 1.807) is 0 Å². The molecule has 198 valence electrons. The van der Waals surface area contributed by atoms with Crippen LogP contribution in [-0.4, -0.2) is 19.0 Å². The highest BCUT2D eigenvalue weighted by Gasteiger charge is 2.24. The summed E-state index contributed by atoms with van der Waals surface area (Å²) in [4.78, 5) is 0. The van der Waals surface area contributed by atoms with Crippen LogP contribution >= 0.6 is 7.55 Å². The third-order valence-corrected chi connectivity index (χ3v) is 8.88. The lowest BCUT2D eigenvalue weighted by atomic mass is 9.90. The van der Waals surface area contributed by atoms with Crippen LogP contribution in [0.1, 0.15) is 82.6 Å². The second-order valence-corrected chi connectivity index (χ2v) is 12.3. The maximum atomic E-state index is 6.44. The van der Waals surface area contributed by atoms with E-state index in [1.165, 1.54) is 44.3 Å². The molecule has 0 saturated carbocycles. The Bertz CT molecular complexity index is 1170. The summed E-state index contributed by atoms with van der Waals surface area (Å²) in [6.45, 7) is 19.3. The molecule has 0 fully saturated rings. The van der Waals surface area contributed by atoms with Crippen LogP contribution in [0.2, 0.25) is 0 Å². The summed E-state index contributed by atoms with van der Waals surface area (Å²) in [5, 5.41) is 1.25. The van der Waals surface area contributed by atoms with Gasteiger partial charge in [-0.25, -0.2) is 0 Å². The summed E-state index contributed by atoms with van der Waals surface area (Å²) in [5.41, 5.74) is 9.37. The van der Waals surface area contributed by atoms with Crippen molar-refractivity contribution in [1.29, 1.82) is 0 Å². The van der Waals surface area contributed by atoms with Gasteiger partial charge in [0.1, 0.15) is 17.4 Å². The number of hydrogen-bond acceptors (Lipinski definition) is 2. The summed E-state index contributed by atoms with van der Waals surface area (Å²) >= 11 is 0. The summed E-state index contributed by atoms with van der Waals surface area (Å²) in [6, 6.07) is 11.1. The maximum absolute atomic E-state index is 6.44. The van der Waals surface area contributed by atoms with E-state index in [4.69, 9.17) is 9.47 Å². The topological polar surface area (TPSA) is 18.5 Å². The van der Waals surface area contributed by atoms with Gasteiger partial charge in [0.15, 0.2) is 18.6 Å². The molecule has 0 saturated heterocycles. The molecule has 1 atom stereocenters. The number of ether oxygens (including phenoxy) is 2. The summed E-state index contributed by atoms with van der Waals surface area (Å²) in [5.74, 6) is 7.31. The molecule has 37 heavy (non-hydrogen) atoms. The number of hydrogen-bond donors (Lipinski definition) is 0. The van der Waals surface area contributed by atoms with Crippen molar-refractivity contribution in [2.75, 3.05) is 13.2 Å². The van der Waals surface area contributed by atoms with Gasteiger partial charge in [-0.3, -0.25) is 0 Å². The lowest BCUT2D eigenvalue weighted by molar-refractivity contribution is 0.296. The van der Waals surface area contributed by atoms with Crippen LogP contribution < -0.4 is 14.8 Å². The van der Waals surface area contributed by atoms with Crippen molar-refractivity contribution in [2.45, 2.75) is 81.1 Å².